The van der Waals surface area contributed by atoms with Gasteiger partial charge in [0.15, 0.2) is 0 Å². The number of benzene rings is 1. The lowest BCUT2D eigenvalue weighted by atomic mass is 10.1. The quantitative estimate of drug-likeness (QED) is 0.489. The average Bonchev–Trinajstić information content (AvgIpc) is 3.52. The minimum absolute atomic E-state index is 0.157. The first-order valence-corrected chi connectivity index (χ1v) is 11.1. The van der Waals surface area contributed by atoms with Gasteiger partial charge in [-0.3, -0.25) is 9.89 Å². The molecule has 3 heterocycles. The van der Waals surface area contributed by atoms with Crippen LogP contribution in [0.25, 0.3) is 5.70 Å². The van der Waals surface area contributed by atoms with Gasteiger partial charge in [-0.15, -0.1) is 0 Å². The summed E-state index contributed by atoms with van der Waals surface area (Å²) in [6, 6.07) is 5.68. The summed E-state index contributed by atoms with van der Waals surface area (Å²) in [6.07, 6.45) is 6.28. The first-order valence-electron chi connectivity index (χ1n) is 10.3. The number of nitrogens with two attached hydrogens (primary N) is 1. The lowest BCUT2D eigenvalue weighted by molar-refractivity contribution is 0.263. The van der Waals surface area contributed by atoms with Crippen molar-refractivity contribution in [3.63, 3.8) is 0 Å². The molecule has 4 aliphatic rings. The molecule has 1 unspecified atom stereocenters. The number of nitrogens with one attached hydrogen (secondary N) is 2. The normalized spacial score (nSPS) is 24.5. The van der Waals surface area contributed by atoms with Crippen molar-refractivity contribution in [3.8, 4) is 0 Å². The number of allylic oxidation sites excluding steroid dienone is 1. The number of aliphatic imine (C=N–C) groups is 2. The van der Waals surface area contributed by atoms with Crippen molar-refractivity contribution in [1.82, 2.24) is 20.4 Å². The predicted molar refractivity (Wildman–Crippen MR) is 122 cm³/mol. The number of halogens is 2. The van der Waals surface area contributed by atoms with Gasteiger partial charge in [-0.1, -0.05) is 23.2 Å². The third-order valence-corrected chi connectivity index (χ3v) is 6.46. The van der Waals surface area contributed by atoms with Crippen LogP contribution in [-0.4, -0.2) is 60.9 Å². The van der Waals surface area contributed by atoms with Crippen LogP contribution in [0.4, 0.5) is 0 Å². The van der Waals surface area contributed by atoms with Gasteiger partial charge < -0.3 is 21.3 Å². The average molecular weight is 446 g/mol. The molecule has 4 N–H and O–H groups in total. The highest BCUT2D eigenvalue weighted by molar-refractivity contribution is 6.35. The zero-order chi connectivity index (χ0) is 20.7. The molecule has 1 aliphatic carbocycles. The van der Waals surface area contributed by atoms with Gasteiger partial charge in [-0.25, -0.2) is 4.99 Å². The molecule has 1 aromatic carbocycles. The molecule has 5 rings (SSSR count). The minimum Gasteiger partial charge on any atom is -0.390 e. The third-order valence-electron chi connectivity index (χ3n) is 5.91. The van der Waals surface area contributed by atoms with Crippen molar-refractivity contribution >= 4 is 41.1 Å². The molecule has 0 bridgehead atoms. The maximum Gasteiger partial charge on any atom is 0.139 e. The molecular formula is C21H25Cl2N7. The maximum atomic E-state index is 6.59. The lowest BCUT2D eigenvalue weighted by Crippen LogP contribution is -2.48. The van der Waals surface area contributed by atoms with Gasteiger partial charge in [0.05, 0.1) is 42.4 Å². The van der Waals surface area contributed by atoms with Crippen LogP contribution in [0.1, 0.15) is 18.4 Å². The van der Waals surface area contributed by atoms with Gasteiger partial charge in [-0.05, 0) is 31.0 Å². The Morgan fingerprint density at radius 2 is 2.17 bits per heavy atom. The highest BCUT2D eigenvalue weighted by Crippen LogP contribution is 2.40. The van der Waals surface area contributed by atoms with E-state index in [0.29, 0.717) is 22.5 Å². The minimum atomic E-state index is 0.157. The van der Waals surface area contributed by atoms with E-state index in [1.54, 1.807) is 6.07 Å². The van der Waals surface area contributed by atoms with Crippen molar-refractivity contribution in [3.05, 3.63) is 51.4 Å². The summed E-state index contributed by atoms with van der Waals surface area (Å²) in [7, 11) is 0. The van der Waals surface area contributed by atoms with Crippen LogP contribution in [0.2, 0.25) is 10.0 Å². The fourth-order valence-electron chi connectivity index (χ4n) is 4.26. The van der Waals surface area contributed by atoms with Gasteiger partial charge in [-0.2, -0.15) is 0 Å². The molecule has 3 aliphatic heterocycles. The summed E-state index contributed by atoms with van der Waals surface area (Å²) in [5.41, 5.74) is 10.0. The molecule has 1 saturated carbocycles. The Bertz CT molecular complexity index is 964. The molecule has 7 nitrogen and oxygen atoms in total. The van der Waals surface area contributed by atoms with Crippen LogP contribution in [0.5, 0.6) is 0 Å². The third kappa shape index (κ3) is 3.89. The molecule has 1 aromatic rings. The smallest absolute Gasteiger partial charge is 0.139 e. The molecule has 1 atom stereocenters. The molecule has 1 fully saturated rings. The molecule has 158 valence electrons. The van der Waals surface area contributed by atoms with E-state index in [4.69, 9.17) is 28.9 Å². The molecule has 0 radical (unpaired) electrons. The summed E-state index contributed by atoms with van der Waals surface area (Å²) in [5.74, 6) is 1.44. The number of hydrogen-bond donors (Lipinski definition) is 3. The van der Waals surface area contributed by atoms with E-state index in [2.05, 4.69) is 36.6 Å². The van der Waals surface area contributed by atoms with E-state index in [9.17, 15) is 0 Å². The molecule has 0 amide bonds. The number of amidine groups is 1. The van der Waals surface area contributed by atoms with E-state index in [0.717, 1.165) is 43.3 Å². The molecule has 0 spiro atoms. The number of fused-ring (bicyclic) bond motifs is 1. The lowest BCUT2D eigenvalue weighted by Gasteiger charge is -2.34. The fraction of sp³-hybridized carbons (Fsp3) is 0.429. The van der Waals surface area contributed by atoms with Crippen molar-refractivity contribution in [2.75, 3.05) is 32.7 Å². The summed E-state index contributed by atoms with van der Waals surface area (Å²) in [4.78, 5) is 13.4. The predicted octanol–water partition coefficient (Wildman–Crippen LogP) is 2.45. The van der Waals surface area contributed by atoms with Crippen LogP contribution < -0.4 is 16.4 Å². The molecule has 9 heteroatoms. The standard InChI is InChI=1S/C21H25Cl2N7/c22-14-3-4-15(16(23)7-14)21-18(10-29-6-5-25-19(11-29)27-12-24)30-9-17(13-1-2-13)26-8-20(30)28-21/h3-4,7,9,12-13,20,26,28H,1-2,5-6,8,10-11H2,(H2,24,25,27). The van der Waals surface area contributed by atoms with E-state index in [1.165, 1.54) is 30.6 Å². The Morgan fingerprint density at radius 3 is 2.93 bits per heavy atom. The van der Waals surface area contributed by atoms with Crippen LogP contribution in [0.15, 0.2) is 45.8 Å². The molecule has 0 aromatic heterocycles. The number of nitrogens with zero attached hydrogens (tertiary/aromatic N) is 4. The number of hydrogen-bond acceptors (Lipinski definition) is 6. The highest BCUT2D eigenvalue weighted by Gasteiger charge is 2.38. The van der Waals surface area contributed by atoms with E-state index in [-0.39, 0.29) is 6.17 Å². The second-order valence-corrected chi connectivity index (χ2v) is 8.88. The zero-order valence-electron chi connectivity index (χ0n) is 16.6. The Balaban J connectivity index is 1.50. The SMILES string of the molecule is NC=NC1=NCCN(CC2=C(c3ccc(Cl)cc3Cl)NC3CNC(C4CC4)=CN23)C1. The summed E-state index contributed by atoms with van der Waals surface area (Å²) in [6.45, 7) is 3.90. The van der Waals surface area contributed by atoms with Gasteiger partial charge >= 0.3 is 0 Å². The van der Waals surface area contributed by atoms with Gasteiger partial charge in [0.25, 0.3) is 0 Å². The Morgan fingerprint density at radius 1 is 1.30 bits per heavy atom. The van der Waals surface area contributed by atoms with Gasteiger partial charge in [0.1, 0.15) is 12.0 Å². The largest absolute Gasteiger partial charge is 0.390 e. The van der Waals surface area contributed by atoms with Crippen LogP contribution >= 0.6 is 23.2 Å². The van der Waals surface area contributed by atoms with E-state index in [1.807, 2.05) is 12.1 Å². The maximum absolute atomic E-state index is 6.59. The van der Waals surface area contributed by atoms with E-state index >= 15 is 0 Å². The molecule has 30 heavy (non-hydrogen) atoms. The summed E-state index contributed by atoms with van der Waals surface area (Å²) >= 11 is 12.7. The van der Waals surface area contributed by atoms with Crippen LogP contribution in [0.3, 0.4) is 0 Å². The van der Waals surface area contributed by atoms with Gasteiger partial charge in [0, 0.05) is 41.5 Å². The molecular weight excluding hydrogens is 421 g/mol. The Hall–Kier alpha value is -2.22. The second-order valence-electron chi connectivity index (χ2n) is 8.04. The first-order chi connectivity index (χ1) is 14.6. The van der Waals surface area contributed by atoms with E-state index < -0.39 is 0 Å². The van der Waals surface area contributed by atoms with Crippen molar-refractivity contribution in [2.24, 2.45) is 21.6 Å². The second kappa shape index (κ2) is 8.13. The van der Waals surface area contributed by atoms with Crippen LogP contribution in [0, 0.1) is 5.92 Å². The van der Waals surface area contributed by atoms with Crippen molar-refractivity contribution in [2.45, 2.75) is 19.0 Å². The first kappa shape index (κ1) is 19.7. The molecule has 0 saturated heterocycles. The van der Waals surface area contributed by atoms with Crippen molar-refractivity contribution in [1.29, 1.82) is 0 Å². The monoisotopic (exact) mass is 445 g/mol. The van der Waals surface area contributed by atoms with Gasteiger partial charge in [0.2, 0.25) is 0 Å². The number of rotatable bonds is 4. The zero-order valence-corrected chi connectivity index (χ0v) is 18.1. The Kier molecular flexibility index (Phi) is 5.35. The fourth-order valence-corrected chi connectivity index (χ4v) is 4.76. The van der Waals surface area contributed by atoms with Crippen LogP contribution in [-0.2, 0) is 0 Å². The highest BCUT2D eigenvalue weighted by atomic mass is 35.5. The summed E-state index contributed by atoms with van der Waals surface area (Å²) < 4.78 is 0. The Labute approximate surface area is 186 Å². The van der Waals surface area contributed by atoms with Crippen molar-refractivity contribution < 1.29 is 0 Å². The summed E-state index contributed by atoms with van der Waals surface area (Å²) in [5, 5.41) is 8.58. The topological polar surface area (TPSA) is 81.3 Å².